The topological polar surface area (TPSA) is 46.0 Å². The summed E-state index contributed by atoms with van der Waals surface area (Å²) in [6.45, 7) is 12.1. The Bertz CT molecular complexity index is 393. The predicted octanol–water partition coefficient (Wildman–Crippen LogP) is 2.04. The van der Waals surface area contributed by atoms with E-state index in [2.05, 4.69) is 45.8 Å². The van der Waals surface area contributed by atoms with Crippen molar-refractivity contribution < 1.29 is 0 Å². The standard InChI is InChI=1S/C15H29N5/c1-15(2,3)16-8-6-4-5-7-9-19-10-11-20-13-17-18-14(20)12-19/h13,16H,4-12H2,1-3H3. The van der Waals surface area contributed by atoms with Crippen molar-refractivity contribution in [3.05, 3.63) is 12.2 Å². The zero-order valence-corrected chi connectivity index (χ0v) is 13.2. The van der Waals surface area contributed by atoms with Crippen LogP contribution < -0.4 is 5.32 Å². The molecule has 5 nitrogen and oxygen atoms in total. The van der Waals surface area contributed by atoms with Crippen LogP contribution >= 0.6 is 0 Å². The Hall–Kier alpha value is -0.940. The molecule has 0 unspecified atom stereocenters. The molecule has 0 aromatic carbocycles. The monoisotopic (exact) mass is 279 g/mol. The zero-order chi connectivity index (χ0) is 14.4. The number of hydrogen-bond donors (Lipinski definition) is 1. The Morgan fingerprint density at radius 3 is 2.75 bits per heavy atom. The molecule has 5 heteroatoms. The van der Waals surface area contributed by atoms with Gasteiger partial charge in [0.05, 0.1) is 6.54 Å². The van der Waals surface area contributed by atoms with Gasteiger partial charge in [0.2, 0.25) is 0 Å². The van der Waals surface area contributed by atoms with Crippen LogP contribution in [0.15, 0.2) is 6.33 Å². The van der Waals surface area contributed by atoms with Crippen molar-refractivity contribution in [3.8, 4) is 0 Å². The fourth-order valence-electron chi connectivity index (χ4n) is 2.58. The van der Waals surface area contributed by atoms with Crippen LogP contribution in [0, 0.1) is 0 Å². The van der Waals surface area contributed by atoms with E-state index in [1.165, 1.54) is 32.2 Å². The highest BCUT2D eigenvalue weighted by molar-refractivity contribution is 4.89. The number of rotatable bonds is 7. The van der Waals surface area contributed by atoms with Crippen molar-refractivity contribution in [2.75, 3.05) is 19.6 Å². The molecule has 1 aliphatic heterocycles. The van der Waals surface area contributed by atoms with Crippen LogP contribution in [0.25, 0.3) is 0 Å². The van der Waals surface area contributed by atoms with Crippen LogP contribution in [-0.4, -0.2) is 44.8 Å². The normalized spacial score (nSPS) is 16.4. The molecular formula is C15H29N5. The molecule has 1 aromatic heterocycles. The van der Waals surface area contributed by atoms with Gasteiger partial charge in [0.25, 0.3) is 0 Å². The second kappa shape index (κ2) is 7.18. The van der Waals surface area contributed by atoms with Crippen molar-refractivity contribution >= 4 is 0 Å². The summed E-state index contributed by atoms with van der Waals surface area (Å²) in [6.07, 6.45) is 7.08. The van der Waals surface area contributed by atoms with E-state index in [0.717, 1.165) is 32.0 Å². The van der Waals surface area contributed by atoms with E-state index in [4.69, 9.17) is 0 Å². The van der Waals surface area contributed by atoms with Gasteiger partial charge in [-0.05, 0) is 46.7 Å². The third-order valence-corrected chi connectivity index (χ3v) is 3.77. The minimum Gasteiger partial charge on any atom is -0.315 e. The lowest BCUT2D eigenvalue weighted by Crippen LogP contribution is -2.36. The molecule has 0 saturated carbocycles. The minimum absolute atomic E-state index is 0.254. The Morgan fingerprint density at radius 1 is 1.15 bits per heavy atom. The number of hydrogen-bond acceptors (Lipinski definition) is 4. The summed E-state index contributed by atoms with van der Waals surface area (Å²) in [6, 6.07) is 0. The van der Waals surface area contributed by atoms with E-state index in [9.17, 15) is 0 Å². The highest BCUT2D eigenvalue weighted by Gasteiger charge is 2.16. The van der Waals surface area contributed by atoms with E-state index < -0.39 is 0 Å². The number of fused-ring (bicyclic) bond motifs is 1. The molecule has 0 radical (unpaired) electrons. The van der Waals surface area contributed by atoms with Gasteiger partial charge < -0.3 is 9.88 Å². The number of nitrogens with zero attached hydrogens (tertiary/aromatic N) is 4. The molecule has 2 heterocycles. The third-order valence-electron chi connectivity index (χ3n) is 3.77. The molecule has 0 atom stereocenters. The van der Waals surface area contributed by atoms with Crippen molar-refractivity contribution in [3.63, 3.8) is 0 Å². The van der Waals surface area contributed by atoms with E-state index >= 15 is 0 Å². The molecule has 0 spiro atoms. The first-order valence-corrected chi connectivity index (χ1v) is 7.89. The van der Waals surface area contributed by atoms with Gasteiger partial charge in [-0.2, -0.15) is 0 Å². The Kier molecular flexibility index (Phi) is 5.54. The van der Waals surface area contributed by atoms with Gasteiger partial charge in [0, 0.05) is 18.6 Å². The molecule has 0 aliphatic carbocycles. The summed E-state index contributed by atoms with van der Waals surface area (Å²) in [4.78, 5) is 2.50. The molecular weight excluding hydrogens is 250 g/mol. The van der Waals surface area contributed by atoms with Gasteiger partial charge in [0.1, 0.15) is 12.2 Å². The molecule has 2 rings (SSSR count). The average Bonchev–Trinajstić information content (AvgIpc) is 2.83. The van der Waals surface area contributed by atoms with Crippen LogP contribution in [0.3, 0.4) is 0 Å². The molecule has 0 bridgehead atoms. The summed E-state index contributed by atoms with van der Waals surface area (Å²) in [5.74, 6) is 1.12. The van der Waals surface area contributed by atoms with Gasteiger partial charge in [-0.1, -0.05) is 12.8 Å². The summed E-state index contributed by atoms with van der Waals surface area (Å²) in [5.41, 5.74) is 0.254. The molecule has 0 amide bonds. The van der Waals surface area contributed by atoms with Crippen molar-refractivity contribution in [2.24, 2.45) is 0 Å². The molecule has 0 fully saturated rings. The maximum absolute atomic E-state index is 4.16. The molecule has 1 aromatic rings. The maximum Gasteiger partial charge on any atom is 0.147 e. The smallest absolute Gasteiger partial charge is 0.147 e. The fourth-order valence-corrected chi connectivity index (χ4v) is 2.58. The minimum atomic E-state index is 0.254. The van der Waals surface area contributed by atoms with Crippen LogP contribution in [-0.2, 0) is 13.1 Å². The van der Waals surface area contributed by atoms with Crippen molar-refractivity contribution in [1.29, 1.82) is 0 Å². The Balaban J connectivity index is 1.50. The zero-order valence-electron chi connectivity index (χ0n) is 13.2. The number of nitrogens with one attached hydrogen (secondary N) is 1. The maximum atomic E-state index is 4.16. The Labute approximate surface area is 122 Å². The summed E-state index contributed by atoms with van der Waals surface area (Å²) in [7, 11) is 0. The fraction of sp³-hybridized carbons (Fsp3) is 0.867. The van der Waals surface area contributed by atoms with Crippen molar-refractivity contribution in [1.82, 2.24) is 25.0 Å². The third kappa shape index (κ3) is 5.21. The first-order valence-electron chi connectivity index (χ1n) is 7.89. The second-order valence-electron chi connectivity index (χ2n) is 6.81. The number of unbranched alkanes of at least 4 members (excludes halogenated alkanes) is 3. The van der Waals surface area contributed by atoms with Gasteiger partial charge >= 0.3 is 0 Å². The molecule has 114 valence electrons. The van der Waals surface area contributed by atoms with Crippen LogP contribution in [0.2, 0.25) is 0 Å². The summed E-state index contributed by atoms with van der Waals surface area (Å²) in [5, 5.41) is 11.7. The Morgan fingerprint density at radius 2 is 1.95 bits per heavy atom. The summed E-state index contributed by atoms with van der Waals surface area (Å²) < 4.78 is 2.16. The largest absolute Gasteiger partial charge is 0.315 e. The van der Waals surface area contributed by atoms with Crippen LogP contribution in [0.5, 0.6) is 0 Å². The van der Waals surface area contributed by atoms with E-state index in [-0.39, 0.29) is 5.54 Å². The number of aromatic nitrogens is 3. The lowest BCUT2D eigenvalue weighted by Gasteiger charge is -2.26. The molecule has 1 aliphatic rings. The molecule has 0 saturated heterocycles. The second-order valence-corrected chi connectivity index (χ2v) is 6.81. The highest BCUT2D eigenvalue weighted by Crippen LogP contribution is 2.10. The predicted molar refractivity (Wildman–Crippen MR) is 81.5 cm³/mol. The summed E-state index contributed by atoms with van der Waals surface area (Å²) >= 11 is 0. The van der Waals surface area contributed by atoms with Crippen LogP contribution in [0.1, 0.15) is 52.3 Å². The van der Waals surface area contributed by atoms with Gasteiger partial charge in [-0.25, -0.2) is 0 Å². The molecule has 20 heavy (non-hydrogen) atoms. The van der Waals surface area contributed by atoms with Gasteiger partial charge in [-0.3, -0.25) is 4.90 Å². The lowest BCUT2D eigenvalue weighted by atomic mass is 10.1. The van der Waals surface area contributed by atoms with E-state index in [1.807, 2.05) is 6.33 Å². The van der Waals surface area contributed by atoms with E-state index in [0.29, 0.717) is 0 Å². The first kappa shape index (κ1) is 15.4. The SMILES string of the molecule is CC(C)(C)NCCCCCCN1CCn2cnnc2C1. The molecule has 1 N–H and O–H groups in total. The lowest BCUT2D eigenvalue weighted by molar-refractivity contribution is 0.212. The van der Waals surface area contributed by atoms with Gasteiger partial charge in [0.15, 0.2) is 0 Å². The average molecular weight is 279 g/mol. The quantitative estimate of drug-likeness (QED) is 0.776. The first-order chi connectivity index (χ1) is 9.54. The van der Waals surface area contributed by atoms with Crippen LogP contribution in [0.4, 0.5) is 0 Å². The van der Waals surface area contributed by atoms with Crippen molar-refractivity contribution in [2.45, 2.75) is 65.1 Å². The van der Waals surface area contributed by atoms with Gasteiger partial charge in [-0.15, -0.1) is 10.2 Å². The highest BCUT2D eigenvalue weighted by atomic mass is 15.3. The van der Waals surface area contributed by atoms with E-state index in [1.54, 1.807) is 0 Å².